The molecule has 3 aromatic heterocycles. The van der Waals surface area contributed by atoms with E-state index in [-0.39, 0.29) is 5.82 Å². The molecule has 6 nitrogen and oxygen atoms in total. The molecule has 2 saturated heterocycles. The SMILES string of the molecule is Cc1ncnc(N2CC3CN(Cc4cn5cc(F)ccc5n4)CC3C2)c1C. The van der Waals surface area contributed by atoms with Crippen molar-refractivity contribution in [3.63, 3.8) is 0 Å². The summed E-state index contributed by atoms with van der Waals surface area (Å²) in [7, 11) is 0. The van der Waals surface area contributed by atoms with Gasteiger partial charge in [-0.05, 0) is 37.8 Å². The Kier molecular flexibility index (Phi) is 3.86. The van der Waals surface area contributed by atoms with Crippen LogP contribution in [0.3, 0.4) is 0 Å². The molecule has 0 spiro atoms. The van der Waals surface area contributed by atoms with E-state index in [2.05, 4.69) is 31.7 Å². The highest BCUT2D eigenvalue weighted by molar-refractivity contribution is 5.48. The van der Waals surface area contributed by atoms with Crippen molar-refractivity contribution in [2.75, 3.05) is 31.1 Å². The summed E-state index contributed by atoms with van der Waals surface area (Å²) in [5.74, 6) is 2.17. The van der Waals surface area contributed by atoms with Gasteiger partial charge in [-0.1, -0.05) is 0 Å². The van der Waals surface area contributed by atoms with Crippen LogP contribution in [-0.4, -0.2) is 50.4 Å². The number of halogens is 1. The lowest BCUT2D eigenvalue weighted by Gasteiger charge is -2.23. The molecule has 140 valence electrons. The Morgan fingerprint density at radius 1 is 1.04 bits per heavy atom. The van der Waals surface area contributed by atoms with Gasteiger partial charge in [0.1, 0.15) is 23.6 Å². The third-order valence-corrected chi connectivity index (χ3v) is 6.02. The molecule has 2 unspecified atom stereocenters. The summed E-state index contributed by atoms with van der Waals surface area (Å²) in [5, 5.41) is 0. The molecule has 0 saturated carbocycles. The van der Waals surface area contributed by atoms with Crippen LogP contribution in [-0.2, 0) is 6.54 Å². The Bertz CT molecular complexity index is 985. The molecular weight excluding hydrogens is 343 g/mol. The standard InChI is InChI=1S/C20H23FN6/c1-13-14(2)22-12-23-20(13)27-7-15-5-25(6-16(15)8-27)10-18-11-26-9-17(21)3-4-19(26)24-18/h3-4,9,11-12,15-16H,5-8,10H2,1-2H3. The molecule has 0 aromatic carbocycles. The van der Waals surface area contributed by atoms with Gasteiger partial charge in [0.2, 0.25) is 0 Å². The minimum absolute atomic E-state index is 0.238. The number of nitrogens with zero attached hydrogens (tertiary/aromatic N) is 6. The summed E-state index contributed by atoms with van der Waals surface area (Å²) in [4.78, 5) is 18.3. The minimum Gasteiger partial charge on any atom is -0.356 e. The predicted molar refractivity (Wildman–Crippen MR) is 101 cm³/mol. The molecule has 2 aliphatic rings. The van der Waals surface area contributed by atoms with Crippen molar-refractivity contribution in [2.45, 2.75) is 20.4 Å². The second-order valence-electron chi connectivity index (χ2n) is 7.87. The van der Waals surface area contributed by atoms with E-state index in [4.69, 9.17) is 0 Å². The van der Waals surface area contributed by atoms with Crippen molar-refractivity contribution in [1.29, 1.82) is 0 Å². The quantitative estimate of drug-likeness (QED) is 0.713. The lowest BCUT2D eigenvalue weighted by atomic mass is 10.0. The van der Waals surface area contributed by atoms with Crippen molar-refractivity contribution < 1.29 is 4.39 Å². The zero-order valence-corrected chi connectivity index (χ0v) is 15.6. The molecule has 2 fully saturated rings. The first-order valence-electron chi connectivity index (χ1n) is 9.45. The number of hydrogen-bond acceptors (Lipinski definition) is 5. The lowest BCUT2D eigenvalue weighted by Crippen LogP contribution is -2.29. The van der Waals surface area contributed by atoms with Crippen LogP contribution in [0, 0.1) is 31.5 Å². The summed E-state index contributed by atoms with van der Waals surface area (Å²) in [6, 6.07) is 3.18. The Morgan fingerprint density at radius 3 is 2.59 bits per heavy atom. The highest BCUT2D eigenvalue weighted by Gasteiger charge is 2.40. The number of aromatic nitrogens is 4. The monoisotopic (exact) mass is 366 g/mol. The van der Waals surface area contributed by atoms with Crippen LogP contribution in [0.5, 0.6) is 0 Å². The molecule has 2 atom stereocenters. The maximum absolute atomic E-state index is 13.4. The Morgan fingerprint density at radius 2 is 1.81 bits per heavy atom. The van der Waals surface area contributed by atoms with Gasteiger partial charge in [0.15, 0.2) is 0 Å². The van der Waals surface area contributed by atoms with Gasteiger partial charge in [-0.2, -0.15) is 0 Å². The second kappa shape index (κ2) is 6.27. The smallest absolute Gasteiger partial charge is 0.139 e. The fourth-order valence-electron chi connectivity index (χ4n) is 4.56. The van der Waals surface area contributed by atoms with Gasteiger partial charge in [0, 0.05) is 56.4 Å². The Labute approximate surface area is 157 Å². The summed E-state index contributed by atoms with van der Waals surface area (Å²) in [5.41, 5.74) is 4.04. The van der Waals surface area contributed by atoms with Crippen LogP contribution in [0.1, 0.15) is 17.0 Å². The van der Waals surface area contributed by atoms with E-state index in [1.165, 1.54) is 17.8 Å². The molecule has 0 N–H and O–H groups in total. The number of aryl methyl sites for hydroxylation is 1. The van der Waals surface area contributed by atoms with Crippen molar-refractivity contribution in [3.05, 3.63) is 53.6 Å². The van der Waals surface area contributed by atoms with E-state index in [1.807, 2.05) is 13.1 Å². The van der Waals surface area contributed by atoms with Crippen molar-refractivity contribution >= 4 is 11.5 Å². The van der Waals surface area contributed by atoms with Crippen LogP contribution in [0.4, 0.5) is 10.2 Å². The van der Waals surface area contributed by atoms with Crippen LogP contribution < -0.4 is 4.90 Å². The number of likely N-dealkylation sites (tertiary alicyclic amines) is 1. The van der Waals surface area contributed by atoms with Gasteiger partial charge >= 0.3 is 0 Å². The van der Waals surface area contributed by atoms with Crippen molar-refractivity contribution in [1.82, 2.24) is 24.3 Å². The number of hydrogen-bond donors (Lipinski definition) is 0. The summed E-state index contributed by atoms with van der Waals surface area (Å²) >= 11 is 0. The summed E-state index contributed by atoms with van der Waals surface area (Å²) < 4.78 is 15.1. The lowest BCUT2D eigenvalue weighted by molar-refractivity contribution is 0.305. The third-order valence-electron chi connectivity index (χ3n) is 6.02. The van der Waals surface area contributed by atoms with Gasteiger partial charge in [-0.3, -0.25) is 4.90 Å². The predicted octanol–water partition coefficient (Wildman–Crippen LogP) is 2.45. The largest absolute Gasteiger partial charge is 0.356 e. The van der Waals surface area contributed by atoms with E-state index in [9.17, 15) is 4.39 Å². The first kappa shape index (κ1) is 16.6. The first-order valence-corrected chi connectivity index (χ1v) is 9.45. The molecule has 0 bridgehead atoms. The van der Waals surface area contributed by atoms with E-state index in [1.54, 1.807) is 16.8 Å². The maximum atomic E-state index is 13.4. The molecule has 0 amide bonds. The van der Waals surface area contributed by atoms with E-state index >= 15 is 0 Å². The average molecular weight is 366 g/mol. The zero-order valence-electron chi connectivity index (χ0n) is 15.6. The molecule has 0 aliphatic carbocycles. The molecule has 7 heteroatoms. The maximum Gasteiger partial charge on any atom is 0.139 e. The third kappa shape index (κ3) is 2.96. The summed E-state index contributed by atoms with van der Waals surface area (Å²) in [6.07, 6.45) is 5.09. The van der Waals surface area contributed by atoms with E-state index < -0.39 is 0 Å². The van der Waals surface area contributed by atoms with E-state index in [0.29, 0.717) is 11.8 Å². The van der Waals surface area contributed by atoms with Crippen LogP contribution in [0.25, 0.3) is 5.65 Å². The Balaban J connectivity index is 1.26. The highest BCUT2D eigenvalue weighted by Crippen LogP contribution is 2.35. The van der Waals surface area contributed by atoms with E-state index in [0.717, 1.165) is 55.6 Å². The van der Waals surface area contributed by atoms with Crippen LogP contribution in [0.15, 0.2) is 30.9 Å². The zero-order chi connectivity index (χ0) is 18.5. The fraction of sp³-hybridized carbons (Fsp3) is 0.450. The summed E-state index contributed by atoms with van der Waals surface area (Å²) in [6.45, 7) is 9.22. The molecule has 3 aromatic rings. The number of imidazole rings is 1. The molecule has 0 radical (unpaired) electrons. The molecule has 2 aliphatic heterocycles. The van der Waals surface area contributed by atoms with Gasteiger partial charge in [0.05, 0.1) is 5.69 Å². The second-order valence-corrected chi connectivity index (χ2v) is 7.87. The Hall–Kier alpha value is -2.54. The normalized spacial score (nSPS) is 22.7. The average Bonchev–Trinajstić information content (AvgIpc) is 3.29. The number of anilines is 1. The van der Waals surface area contributed by atoms with Gasteiger partial charge < -0.3 is 9.30 Å². The highest BCUT2D eigenvalue weighted by atomic mass is 19.1. The van der Waals surface area contributed by atoms with Crippen LogP contribution in [0.2, 0.25) is 0 Å². The molecule has 5 heterocycles. The van der Waals surface area contributed by atoms with Crippen molar-refractivity contribution in [2.24, 2.45) is 11.8 Å². The topological polar surface area (TPSA) is 49.6 Å². The molecular formula is C20H23FN6. The van der Waals surface area contributed by atoms with Gasteiger partial charge in [0.25, 0.3) is 0 Å². The molecule has 5 rings (SSSR count). The van der Waals surface area contributed by atoms with Crippen LogP contribution >= 0.6 is 0 Å². The minimum atomic E-state index is -0.238. The van der Waals surface area contributed by atoms with Gasteiger partial charge in [-0.25, -0.2) is 19.3 Å². The number of pyridine rings is 1. The fourth-order valence-corrected chi connectivity index (χ4v) is 4.56. The van der Waals surface area contributed by atoms with Gasteiger partial charge in [-0.15, -0.1) is 0 Å². The first-order chi connectivity index (χ1) is 13.1. The molecule has 27 heavy (non-hydrogen) atoms. The van der Waals surface area contributed by atoms with Crippen molar-refractivity contribution in [3.8, 4) is 0 Å². The number of fused-ring (bicyclic) bond motifs is 2. The number of rotatable bonds is 3.